The summed E-state index contributed by atoms with van der Waals surface area (Å²) in [5, 5.41) is 0. The number of fused-ring (bicyclic) bond motifs is 2. The molecular weight excluding hydrogens is 268 g/mol. The van der Waals surface area contributed by atoms with Gasteiger partial charge in [-0.3, -0.25) is 4.90 Å². The normalized spacial score (nSPS) is 47.7. The summed E-state index contributed by atoms with van der Waals surface area (Å²) in [6, 6.07) is 2.91. The molecule has 3 rings (SSSR count). The van der Waals surface area contributed by atoms with E-state index in [0.717, 1.165) is 35.9 Å². The molecule has 128 valence electrons. The predicted octanol–water partition coefficient (Wildman–Crippen LogP) is 4.57. The minimum absolute atomic E-state index is 0.472. The lowest BCUT2D eigenvalue weighted by atomic mass is 9.74. The third-order valence-electron chi connectivity index (χ3n) is 6.89. The van der Waals surface area contributed by atoms with E-state index >= 15 is 0 Å². The molecule has 0 aromatic carbocycles. The van der Waals surface area contributed by atoms with E-state index in [4.69, 9.17) is 5.73 Å². The summed E-state index contributed by atoms with van der Waals surface area (Å²) in [6.45, 7) is 7.41. The molecule has 0 amide bonds. The van der Waals surface area contributed by atoms with Crippen LogP contribution in [0.15, 0.2) is 0 Å². The molecule has 3 fully saturated rings. The van der Waals surface area contributed by atoms with Gasteiger partial charge in [0, 0.05) is 24.2 Å². The van der Waals surface area contributed by atoms with E-state index in [9.17, 15) is 0 Å². The summed E-state index contributed by atoms with van der Waals surface area (Å²) >= 11 is 0. The maximum atomic E-state index is 6.34. The van der Waals surface area contributed by atoms with Gasteiger partial charge in [0.2, 0.25) is 0 Å². The average molecular weight is 307 g/mol. The molecule has 0 aromatic rings. The summed E-state index contributed by atoms with van der Waals surface area (Å²) in [5.74, 6) is 2.78. The minimum Gasteiger partial charge on any atom is -0.328 e. The summed E-state index contributed by atoms with van der Waals surface area (Å²) in [7, 11) is 0. The van der Waals surface area contributed by atoms with Crippen LogP contribution in [0.2, 0.25) is 0 Å². The molecule has 2 aliphatic heterocycles. The van der Waals surface area contributed by atoms with Crippen LogP contribution in [-0.2, 0) is 0 Å². The van der Waals surface area contributed by atoms with E-state index in [0.29, 0.717) is 6.04 Å². The average Bonchev–Trinajstić information content (AvgIpc) is 2.43. The van der Waals surface area contributed by atoms with Gasteiger partial charge in [-0.05, 0) is 69.1 Å². The lowest BCUT2D eigenvalue weighted by Crippen LogP contribution is -2.59. The van der Waals surface area contributed by atoms with Crippen molar-refractivity contribution in [3.05, 3.63) is 0 Å². The molecule has 1 saturated carbocycles. The molecule has 7 atom stereocenters. The van der Waals surface area contributed by atoms with E-state index in [2.05, 4.69) is 25.7 Å². The summed E-state index contributed by atoms with van der Waals surface area (Å²) < 4.78 is 0. The predicted molar refractivity (Wildman–Crippen MR) is 94.8 cm³/mol. The second-order valence-electron chi connectivity index (χ2n) is 9.00. The first-order chi connectivity index (χ1) is 10.6. The molecule has 22 heavy (non-hydrogen) atoms. The van der Waals surface area contributed by atoms with Gasteiger partial charge in [0.1, 0.15) is 0 Å². The largest absolute Gasteiger partial charge is 0.328 e. The molecule has 2 heterocycles. The van der Waals surface area contributed by atoms with Crippen LogP contribution in [0.5, 0.6) is 0 Å². The van der Waals surface area contributed by atoms with E-state index in [-0.39, 0.29) is 0 Å². The smallest absolute Gasteiger partial charge is 0.0116 e. The third-order valence-corrected chi connectivity index (χ3v) is 6.89. The molecule has 3 aliphatic rings. The van der Waals surface area contributed by atoms with Gasteiger partial charge in [-0.1, -0.05) is 33.6 Å². The first kappa shape index (κ1) is 16.8. The van der Waals surface area contributed by atoms with Gasteiger partial charge in [-0.15, -0.1) is 0 Å². The Morgan fingerprint density at radius 2 is 1.36 bits per heavy atom. The van der Waals surface area contributed by atoms with E-state index < -0.39 is 0 Å². The number of piperidine rings is 2. The lowest BCUT2D eigenvalue weighted by molar-refractivity contribution is -0.0253. The van der Waals surface area contributed by atoms with Crippen LogP contribution in [-0.4, -0.2) is 29.1 Å². The highest BCUT2D eigenvalue weighted by atomic mass is 15.2. The minimum atomic E-state index is 0.472. The van der Waals surface area contributed by atoms with Crippen LogP contribution in [0.3, 0.4) is 0 Å². The van der Waals surface area contributed by atoms with Crippen molar-refractivity contribution >= 4 is 0 Å². The van der Waals surface area contributed by atoms with E-state index in [1.54, 1.807) is 0 Å². The Balaban J connectivity index is 1.72. The van der Waals surface area contributed by atoms with Crippen LogP contribution in [0.1, 0.15) is 85.0 Å². The molecule has 0 spiro atoms. The summed E-state index contributed by atoms with van der Waals surface area (Å²) in [6.07, 6.45) is 13.9. The Hall–Kier alpha value is -0.0800. The fourth-order valence-electron chi connectivity index (χ4n) is 6.08. The van der Waals surface area contributed by atoms with Gasteiger partial charge < -0.3 is 5.73 Å². The summed E-state index contributed by atoms with van der Waals surface area (Å²) in [4.78, 5) is 2.98. The van der Waals surface area contributed by atoms with E-state index in [1.165, 1.54) is 64.2 Å². The standard InChI is InChI=1S/C20H38N2/c1-4-16-8-14(2)10-20(11-15(3)9-16)22-18-6-5-7-19(22)13-17(21)12-18/h14-20H,4-13,21H2,1-3H3/t14-,15+,16?,17?,18-,19+,20?. The topological polar surface area (TPSA) is 29.3 Å². The molecule has 2 bridgehead atoms. The van der Waals surface area contributed by atoms with Crippen molar-refractivity contribution in [1.82, 2.24) is 4.90 Å². The van der Waals surface area contributed by atoms with Crippen LogP contribution >= 0.6 is 0 Å². The zero-order chi connectivity index (χ0) is 15.7. The van der Waals surface area contributed by atoms with Gasteiger partial charge in [-0.2, -0.15) is 0 Å². The van der Waals surface area contributed by atoms with Crippen LogP contribution in [0.4, 0.5) is 0 Å². The summed E-state index contributed by atoms with van der Waals surface area (Å²) in [5.41, 5.74) is 6.34. The van der Waals surface area contributed by atoms with Crippen molar-refractivity contribution in [2.45, 2.75) is 109 Å². The molecule has 2 saturated heterocycles. The van der Waals surface area contributed by atoms with Gasteiger partial charge >= 0.3 is 0 Å². The number of nitrogens with zero attached hydrogens (tertiary/aromatic N) is 1. The molecule has 3 unspecified atom stereocenters. The highest BCUT2D eigenvalue weighted by Gasteiger charge is 2.41. The van der Waals surface area contributed by atoms with Gasteiger partial charge in [-0.25, -0.2) is 0 Å². The number of hydrogen-bond donors (Lipinski definition) is 1. The molecule has 0 aromatic heterocycles. The van der Waals surface area contributed by atoms with Gasteiger partial charge in [0.15, 0.2) is 0 Å². The second kappa shape index (κ2) is 7.21. The zero-order valence-electron chi connectivity index (χ0n) is 15.1. The van der Waals surface area contributed by atoms with Crippen LogP contribution in [0, 0.1) is 17.8 Å². The van der Waals surface area contributed by atoms with E-state index in [1.807, 2.05) is 0 Å². The monoisotopic (exact) mass is 306 g/mol. The molecule has 0 radical (unpaired) electrons. The Bertz CT molecular complexity index is 328. The Morgan fingerprint density at radius 3 is 1.86 bits per heavy atom. The molecule has 1 aliphatic carbocycles. The van der Waals surface area contributed by atoms with Gasteiger partial charge in [0.25, 0.3) is 0 Å². The van der Waals surface area contributed by atoms with Crippen LogP contribution < -0.4 is 5.73 Å². The van der Waals surface area contributed by atoms with Crippen molar-refractivity contribution in [2.24, 2.45) is 23.5 Å². The number of nitrogens with two attached hydrogens (primary N) is 1. The SMILES string of the molecule is CCC1C[C@@H](C)CC(N2[C@@H]3CCC[C@H]2CC(N)C3)C[C@@H](C)C1. The quantitative estimate of drug-likeness (QED) is 0.809. The lowest BCUT2D eigenvalue weighted by Gasteiger charge is -2.53. The van der Waals surface area contributed by atoms with Crippen molar-refractivity contribution in [3.63, 3.8) is 0 Å². The van der Waals surface area contributed by atoms with Gasteiger partial charge in [0.05, 0.1) is 0 Å². The van der Waals surface area contributed by atoms with Crippen molar-refractivity contribution in [3.8, 4) is 0 Å². The highest BCUT2D eigenvalue weighted by molar-refractivity contribution is 4.98. The zero-order valence-corrected chi connectivity index (χ0v) is 15.1. The fourth-order valence-corrected chi connectivity index (χ4v) is 6.08. The fraction of sp³-hybridized carbons (Fsp3) is 1.00. The van der Waals surface area contributed by atoms with Crippen molar-refractivity contribution < 1.29 is 0 Å². The third kappa shape index (κ3) is 3.70. The first-order valence-corrected chi connectivity index (χ1v) is 10.1. The molecule has 2 N–H and O–H groups in total. The van der Waals surface area contributed by atoms with Crippen molar-refractivity contribution in [2.75, 3.05) is 0 Å². The Labute approximate surface area is 138 Å². The molecular formula is C20H38N2. The van der Waals surface area contributed by atoms with Crippen LogP contribution in [0.25, 0.3) is 0 Å². The number of rotatable bonds is 2. The maximum Gasteiger partial charge on any atom is 0.0116 e. The van der Waals surface area contributed by atoms with Crippen molar-refractivity contribution in [1.29, 1.82) is 0 Å². The number of hydrogen-bond acceptors (Lipinski definition) is 2. The Kier molecular flexibility index (Phi) is 5.50. The first-order valence-electron chi connectivity index (χ1n) is 10.1. The Morgan fingerprint density at radius 1 is 0.818 bits per heavy atom. The highest BCUT2D eigenvalue weighted by Crippen LogP contribution is 2.40. The molecule has 2 nitrogen and oxygen atoms in total. The molecule has 2 heteroatoms. The second-order valence-corrected chi connectivity index (χ2v) is 9.00. The maximum absolute atomic E-state index is 6.34.